The van der Waals surface area contributed by atoms with Gasteiger partial charge in [-0.25, -0.2) is 15.0 Å². The monoisotopic (exact) mass is 554 g/mol. The average Bonchev–Trinajstić information content (AvgIpc) is 3.55. The summed E-state index contributed by atoms with van der Waals surface area (Å²) in [7, 11) is 0. The van der Waals surface area contributed by atoms with E-state index in [0.29, 0.717) is 28.2 Å². The van der Waals surface area contributed by atoms with E-state index in [4.69, 9.17) is 9.47 Å². The molecule has 1 unspecified atom stereocenters. The van der Waals surface area contributed by atoms with Crippen LogP contribution >= 0.6 is 0 Å². The van der Waals surface area contributed by atoms with Gasteiger partial charge in [0.15, 0.2) is 17.5 Å². The Labute approximate surface area is 227 Å². The van der Waals surface area contributed by atoms with Gasteiger partial charge in [0.1, 0.15) is 48.6 Å². The summed E-state index contributed by atoms with van der Waals surface area (Å²) in [5.74, 6) is -3.35. The quantitative estimate of drug-likeness (QED) is 0.271. The summed E-state index contributed by atoms with van der Waals surface area (Å²) in [6, 6.07) is 12.6. The Balaban J connectivity index is 1.13. The molecule has 3 heterocycles. The number of halogens is 2. The fourth-order valence-corrected chi connectivity index (χ4v) is 5.56. The molecule has 2 aliphatic rings. The second-order valence-corrected chi connectivity index (χ2v) is 10.3. The summed E-state index contributed by atoms with van der Waals surface area (Å²) < 4.78 is 43.2. The van der Waals surface area contributed by atoms with E-state index < -0.39 is 42.2 Å². The van der Waals surface area contributed by atoms with E-state index in [1.54, 1.807) is 43.3 Å². The molecule has 0 spiro atoms. The highest BCUT2D eigenvalue weighted by atomic mass is 19.3. The van der Waals surface area contributed by atoms with Crippen LogP contribution in [0.25, 0.3) is 11.2 Å². The molecule has 0 saturated carbocycles. The van der Waals surface area contributed by atoms with Crippen LogP contribution in [-0.4, -0.2) is 70.8 Å². The SMILES string of the molecule is Cc1ncnc2c1ncn2[C@@H]1O[C@H](COc2cccc(CC[C@]3(O)c4ccccc4C(O)C3(F)F)c2)[C@@H](O)[C@H]1O. The zero-order chi connectivity index (χ0) is 28.2. The molecule has 12 heteroatoms. The first-order valence-corrected chi connectivity index (χ1v) is 12.9. The fraction of sp³-hybridized carbons (Fsp3) is 0.393. The highest BCUT2D eigenvalue weighted by Gasteiger charge is 2.64. The molecule has 0 radical (unpaired) electrons. The number of alkyl halides is 2. The topological polar surface area (TPSA) is 143 Å². The Morgan fingerprint density at radius 2 is 1.82 bits per heavy atom. The van der Waals surface area contributed by atoms with Gasteiger partial charge in [-0.15, -0.1) is 0 Å². The van der Waals surface area contributed by atoms with Gasteiger partial charge in [0.2, 0.25) is 0 Å². The molecule has 2 aromatic heterocycles. The number of hydrogen-bond acceptors (Lipinski definition) is 9. The number of fused-ring (bicyclic) bond motifs is 2. The zero-order valence-electron chi connectivity index (χ0n) is 21.4. The molecule has 10 nitrogen and oxygen atoms in total. The number of hydrogen-bond donors (Lipinski definition) is 4. The standard InChI is InChI=1S/C28H28F2N4O6/c1-15-21-25(32-13-31-15)34(14-33-21)26-23(36)22(35)20(40-26)12-39-17-6-4-5-16(11-17)9-10-27(38)19-8-3-2-7-18(19)24(37)28(27,29)30/h2-8,11,13-14,20,22-24,26,35-38H,9-10,12H2,1H3/t20-,22-,23-,24?,26-,27+/m1/s1. The number of aromatic nitrogens is 4. The van der Waals surface area contributed by atoms with Crippen molar-refractivity contribution in [2.24, 2.45) is 0 Å². The number of imidazole rings is 1. The van der Waals surface area contributed by atoms with Crippen LogP contribution < -0.4 is 4.74 Å². The fourth-order valence-electron chi connectivity index (χ4n) is 5.56. The Morgan fingerprint density at radius 3 is 2.65 bits per heavy atom. The maximum Gasteiger partial charge on any atom is 0.309 e. The van der Waals surface area contributed by atoms with Gasteiger partial charge in [-0.1, -0.05) is 36.4 Å². The zero-order valence-corrected chi connectivity index (χ0v) is 21.4. The highest BCUT2D eigenvalue weighted by Crippen LogP contribution is 2.56. The van der Waals surface area contributed by atoms with Gasteiger partial charge in [-0.05, 0) is 48.6 Å². The molecule has 1 aliphatic heterocycles. The third kappa shape index (κ3) is 4.14. The van der Waals surface area contributed by atoms with E-state index in [1.165, 1.54) is 29.4 Å². The molecule has 0 amide bonds. The van der Waals surface area contributed by atoms with E-state index in [2.05, 4.69) is 15.0 Å². The maximum atomic E-state index is 15.0. The van der Waals surface area contributed by atoms with Crippen LogP contribution in [0.15, 0.2) is 61.2 Å². The lowest BCUT2D eigenvalue weighted by Crippen LogP contribution is -2.44. The molecular weight excluding hydrogens is 526 g/mol. The number of benzene rings is 2. The first-order chi connectivity index (χ1) is 19.1. The van der Waals surface area contributed by atoms with Crippen molar-refractivity contribution in [1.29, 1.82) is 0 Å². The van der Waals surface area contributed by atoms with Crippen molar-refractivity contribution >= 4 is 11.2 Å². The maximum absolute atomic E-state index is 15.0. The third-order valence-corrected chi connectivity index (χ3v) is 7.84. The summed E-state index contributed by atoms with van der Waals surface area (Å²) in [6.45, 7) is 1.69. The van der Waals surface area contributed by atoms with E-state index in [1.807, 2.05) is 0 Å². The minimum Gasteiger partial charge on any atom is -0.491 e. The Hall–Kier alpha value is -3.55. The van der Waals surface area contributed by atoms with Crippen LogP contribution in [0.1, 0.15) is 41.1 Å². The van der Waals surface area contributed by atoms with E-state index in [0.717, 1.165) is 0 Å². The molecular formula is C28H28F2N4O6. The van der Waals surface area contributed by atoms with Crippen molar-refractivity contribution in [1.82, 2.24) is 19.5 Å². The van der Waals surface area contributed by atoms with Gasteiger partial charge in [0.05, 0.1) is 12.0 Å². The van der Waals surface area contributed by atoms with Gasteiger partial charge < -0.3 is 29.9 Å². The second-order valence-electron chi connectivity index (χ2n) is 10.3. The normalized spacial score (nSPS) is 29.1. The van der Waals surface area contributed by atoms with E-state index >= 15 is 0 Å². The smallest absolute Gasteiger partial charge is 0.309 e. The van der Waals surface area contributed by atoms with E-state index in [-0.39, 0.29) is 30.6 Å². The summed E-state index contributed by atoms with van der Waals surface area (Å²) in [5, 5.41) is 42.5. The average molecular weight is 555 g/mol. The van der Waals surface area contributed by atoms with Gasteiger partial charge in [0.25, 0.3) is 0 Å². The van der Waals surface area contributed by atoms with Crippen molar-refractivity contribution in [2.75, 3.05) is 6.61 Å². The van der Waals surface area contributed by atoms with Gasteiger partial charge >= 0.3 is 5.92 Å². The van der Waals surface area contributed by atoms with Crippen LogP contribution in [0.3, 0.4) is 0 Å². The summed E-state index contributed by atoms with van der Waals surface area (Å²) >= 11 is 0. The summed E-state index contributed by atoms with van der Waals surface area (Å²) in [6.07, 6.45) is -3.80. The summed E-state index contributed by atoms with van der Waals surface area (Å²) in [5.41, 5.74) is -0.160. The minimum absolute atomic E-state index is 0.0210. The Kier molecular flexibility index (Phi) is 6.55. The molecule has 40 heavy (non-hydrogen) atoms. The van der Waals surface area contributed by atoms with Crippen molar-refractivity contribution in [3.05, 3.63) is 83.6 Å². The van der Waals surface area contributed by atoms with Crippen LogP contribution in [-0.2, 0) is 16.8 Å². The lowest BCUT2D eigenvalue weighted by Gasteiger charge is -2.32. The lowest BCUT2D eigenvalue weighted by atomic mass is 9.86. The largest absolute Gasteiger partial charge is 0.491 e. The van der Waals surface area contributed by atoms with Gasteiger partial charge in [0, 0.05) is 0 Å². The van der Waals surface area contributed by atoms with Crippen LogP contribution in [0.4, 0.5) is 8.78 Å². The first kappa shape index (κ1) is 26.7. The molecule has 6 atom stereocenters. The van der Waals surface area contributed by atoms with Crippen molar-refractivity contribution in [3.8, 4) is 5.75 Å². The third-order valence-electron chi connectivity index (χ3n) is 7.84. The molecule has 2 aromatic carbocycles. The predicted molar refractivity (Wildman–Crippen MR) is 136 cm³/mol. The molecule has 4 N–H and O–H groups in total. The second kappa shape index (κ2) is 9.82. The predicted octanol–water partition coefficient (Wildman–Crippen LogP) is 2.34. The van der Waals surface area contributed by atoms with Crippen LogP contribution in [0, 0.1) is 6.92 Å². The number of ether oxygens (including phenoxy) is 2. The number of rotatable bonds is 7. The summed E-state index contributed by atoms with van der Waals surface area (Å²) in [4.78, 5) is 12.6. The van der Waals surface area contributed by atoms with Crippen molar-refractivity contribution in [3.63, 3.8) is 0 Å². The van der Waals surface area contributed by atoms with E-state index in [9.17, 15) is 29.2 Å². The molecule has 210 valence electrons. The van der Waals surface area contributed by atoms with Crippen LogP contribution in [0.5, 0.6) is 5.75 Å². The number of aliphatic hydroxyl groups is 4. The Morgan fingerprint density at radius 1 is 1.02 bits per heavy atom. The lowest BCUT2D eigenvalue weighted by molar-refractivity contribution is -0.226. The Bertz CT molecular complexity index is 1550. The number of nitrogens with zero attached hydrogens (tertiary/aromatic N) is 4. The highest BCUT2D eigenvalue weighted by molar-refractivity contribution is 5.72. The minimum atomic E-state index is -3.75. The molecule has 1 aliphatic carbocycles. The van der Waals surface area contributed by atoms with Gasteiger partial charge in [-0.3, -0.25) is 4.57 Å². The molecule has 4 aromatic rings. The first-order valence-electron chi connectivity index (χ1n) is 12.9. The van der Waals surface area contributed by atoms with Crippen LogP contribution in [0.2, 0.25) is 0 Å². The molecule has 1 saturated heterocycles. The molecule has 6 rings (SSSR count). The number of aliphatic hydroxyl groups excluding tert-OH is 3. The molecule has 0 bridgehead atoms. The number of aryl methyl sites for hydroxylation is 2. The van der Waals surface area contributed by atoms with Crippen molar-refractivity contribution < 1.29 is 38.7 Å². The van der Waals surface area contributed by atoms with Gasteiger partial charge in [-0.2, -0.15) is 8.78 Å². The van der Waals surface area contributed by atoms with Crippen molar-refractivity contribution in [2.45, 2.75) is 61.9 Å². The molecule has 1 fully saturated rings.